The summed E-state index contributed by atoms with van der Waals surface area (Å²) in [5.74, 6) is 0.136. The first-order chi connectivity index (χ1) is 8.97. The van der Waals surface area contributed by atoms with Gasteiger partial charge in [-0.3, -0.25) is 4.79 Å². The van der Waals surface area contributed by atoms with Crippen molar-refractivity contribution in [3.05, 3.63) is 64.2 Å². The lowest BCUT2D eigenvalue weighted by Gasteiger charge is -2.08. The average Bonchev–Trinajstić information content (AvgIpc) is 2.37. The molecule has 0 unspecified atom stereocenters. The molecule has 0 heterocycles. The van der Waals surface area contributed by atoms with E-state index in [9.17, 15) is 4.79 Å². The number of carbonyl (C=O) groups excluding carboxylic acids is 1. The van der Waals surface area contributed by atoms with Crippen LogP contribution in [0.3, 0.4) is 0 Å². The highest BCUT2D eigenvalue weighted by atomic mass is 16.1. The summed E-state index contributed by atoms with van der Waals surface area (Å²) in [5, 5.41) is 0. The van der Waals surface area contributed by atoms with Gasteiger partial charge in [-0.05, 0) is 55.7 Å². The molecule has 19 heavy (non-hydrogen) atoms. The normalized spacial score (nSPS) is 10.5. The fourth-order valence-corrected chi connectivity index (χ4v) is 2.11. The summed E-state index contributed by atoms with van der Waals surface area (Å²) >= 11 is 0. The van der Waals surface area contributed by atoms with E-state index in [4.69, 9.17) is 5.73 Å². The lowest BCUT2D eigenvalue weighted by Crippen LogP contribution is -2.06. The molecular formula is C17H19NO. The van der Waals surface area contributed by atoms with Crippen LogP contribution in [0.1, 0.15) is 32.6 Å². The average molecular weight is 253 g/mol. The number of hydrogen-bond donors (Lipinski definition) is 1. The maximum Gasteiger partial charge on any atom is 0.167 e. The molecule has 0 amide bonds. The van der Waals surface area contributed by atoms with Crippen molar-refractivity contribution < 1.29 is 4.79 Å². The Bertz CT molecular complexity index is 629. The molecule has 2 aromatic rings. The minimum absolute atomic E-state index is 0.136. The first-order valence-electron chi connectivity index (χ1n) is 6.43. The second kappa shape index (κ2) is 5.27. The molecule has 0 saturated carbocycles. The Hall–Kier alpha value is -2.09. The van der Waals surface area contributed by atoms with E-state index in [2.05, 4.69) is 18.2 Å². The van der Waals surface area contributed by atoms with Crippen molar-refractivity contribution in [3.8, 4) is 0 Å². The Morgan fingerprint density at radius 1 is 1.00 bits per heavy atom. The third-order valence-electron chi connectivity index (χ3n) is 3.45. The second-order valence-electron chi connectivity index (χ2n) is 5.10. The van der Waals surface area contributed by atoms with Gasteiger partial charge in [-0.25, -0.2) is 0 Å². The van der Waals surface area contributed by atoms with E-state index < -0.39 is 0 Å². The highest BCUT2D eigenvalue weighted by Gasteiger charge is 2.10. The summed E-state index contributed by atoms with van der Waals surface area (Å²) in [6, 6.07) is 11.7. The van der Waals surface area contributed by atoms with Crippen LogP contribution in [-0.2, 0) is 6.42 Å². The van der Waals surface area contributed by atoms with Gasteiger partial charge in [0, 0.05) is 17.7 Å². The zero-order valence-electron chi connectivity index (χ0n) is 11.7. The summed E-state index contributed by atoms with van der Waals surface area (Å²) in [4.78, 5) is 12.3. The van der Waals surface area contributed by atoms with E-state index in [0.717, 1.165) is 27.9 Å². The van der Waals surface area contributed by atoms with Crippen molar-refractivity contribution in [1.82, 2.24) is 0 Å². The van der Waals surface area contributed by atoms with E-state index in [1.165, 1.54) is 5.56 Å². The van der Waals surface area contributed by atoms with E-state index in [1.807, 2.05) is 26.8 Å². The maximum atomic E-state index is 12.3. The van der Waals surface area contributed by atoms with Gasteiger partial charge in [-0.2, -0.15) is 0 Å². The fraction of sp³-hybridized carbons (Fsp3) is 0.235. The molecule has 2 N–H and O–H groups in total. The Kier molecular flexibility index (Phi) is 3.70. The monoisotopic (exact) mass is 253 g/mol. The predicted octanol–water partition coefficient (Wildman–Crippen LogP) is 3.62. The standard InChI is InChI=1S/C17H19NO/c1-11-4-5-12(2)15(8-11)10-17(19)14-6-7-16(18)13(3)9-14/h4-9H,10,18H2,1-3H3. The molecule has 0 fully saturated rings. The van der Waals surface area contributed by atoms with Crippen molar-refractivity contribution in [2.45, 2.75) is 27.2 Å². The van der Waals surface area contributed by atoms with Crippen molar-refractivity contribution in [2.24, 2.45) is 0 Å². The van der Waals surface area contributed by atoms with Crippen LogP contribution in [0.25, 0.3) is 0 Å². The number of anilines is 1. The van der Waals surface area contributed by atoms with Gasteiger partial charge >= 0.3 is 0 Å². The van der Waals surface area contributed by atoms with Gasteiger partial charge in [0.1, 0.15) is 0 Å². The van der Waals surface area contributed by atoms with Crippen LogP contribution in [0.2, 0.25) is 0 Å². The minimum atomic E-state index is 0.136. The number of nitrogens with two attached hydrogens (primary N) is 1. The Labute approximate surface area is 114 Å². The SMILES string of the molecule is Cc1ccc(C)c(CC(=O)c2ccc(N)c(C)c2)c1. The van der Waals surface area contributed by atoms with Crippen molar-refractivity contribution >= 4 is 11.5 Å². The molecule has 2 rings (SSSR count). The summed E-state index contributed by atoms with van der Waals surface area (Å²) in [7, 11) is 0. The summed E-state index contributed by atoms with van der Waals surface area (Å²) in [5.41, 5.74) is 11.6. The highest BCUT2D eigenvalue weighted by Crippen LogP contribution is 2.17. The zero-order chi connectivity index (χ0) is 14.0. The van der Waals surface area contributed by atoms with Crippen LogP contribution in [0.4, 0.5) is 5.69 Å². The molecule has 2 nitrogen and oxygen atoms in total. The van der Waals surface area contributed by atoms with Gasteiger partial charge < -0.3 is 5.73 Å². The number of hydrogen-bond acceptors (Lipinski definition) is 2. The lowest BCUT2D eigenvalue weighted by atomic mass is 9.97. The molecule has 0 aliphatic rings. The van der Waals surface area contributed by atoms with Gasteiger partial charge in [0.25, 0.3) is 0 Å². The summed E-state index contributed by atoms with van der Waals surface area (Å²) < 4.78 is 0. The molecule has 98 valence electrons. The molecule has 2 heteroatoms. The largest absolute Gasteiger partial charge is 0.399 e. The molecule has 0 atom stereocenters. The quantitative estimate of drug-likeness (QED) is 0.670. The maximum absolute atomic E-state index is 12.3. The van der Waals surface area contributed by atoms with Crippen LogP contribution in [0, 0.1) is 20.8 Å². The van der Waals surface area contributed by atoms with Gasteiger partial charge in [0.2, 0.25) is 0 Å². The summed E-state index contributed by atoms with van der Waals surface area (Å²) in [6.07, 6.45) is 0.441. The first-order valence-corrected chi connectivity index (χ1v) is 6.43. The molecule has 0 bridgehead atoms. The fourth-order valence-electron chi connectivity index (χ4n) is 2.11. The van der Waals surface area contributed by atoms with Crippen LogP contribution in [0.5, 0.6) is 0 Å². The Morgan fingerprint density at radius 2 is 1.74 bits per heavy atom. The van der Waals surface area contributed by atoms with Gasteiger partial charge in [-0.15, -0.1) is 0 Å². The zero-order valence-corrected chi connectivity index (χ0v) is 11.7. The number of carbonyl (C=O) groups is 1. The topological polar surface area (TPSA) is 43.1 Å². The predicted molar refractivity (Wildman–Crippen MR) is 79.5 cm³/mol. The molecule has 0 aliphatic carbocycles. The number of ketones is 1. The molecule has 0 aliphatic heterocycles. The first kappa shape index (κ1) is 13.3. The van der Waals surface area contributed by atoms with E-state index >= 15 is 0 Å². The van der Waals surface area contributed by atoms with Gasteiger partial charge in [-0.1, -0.05) is 23.8 Å². The molecular weight excluding hydrogens is 234 g/mol. The van der Waals surface area contributed by atoms with Crippen LogP contribution in [-0.4, -0.2) is 5.78 Å². The van der Waals surface area contributed by atoms with Crippen LogP contribution >= 0.6 is 0 Å². The number of benzene rings is 2. The number of Topliss-reactive ketones (excluding diaryl/α,β-unsaturated/α-hetero) is 1. The third-order valence-corrected chi connectivity index (χ3v) is 3.45. The van der Waals surface area contributed by atoms with Crippen LogP contribution in [0.15, 0.2) is 36.4 Å². The smallest absolute Gasteiger partial charge is 0.167 e. The molecule has 0 saturated heterocycles. The van der Waals surface area contributed by atoms with Gasteiger partial charge in [0.05, 0.1) is 0 Å². The minimum Gasteiger partial charge on any atom is -0.399 e. The van der Waals surface area contributed by atoms with Crippen LogP contribution < -0.4 is 5.73 Å². The number of aryl methyl sites for hydroxylation is 3. The number of rotatable bonds is 3. The van der Waals surface area contributed by atoms with Crippen molar-refractivity contribution in [3.63, 3.8) is 0 Å². The Balaban J connectivity index is 2.25. The Morgan fingerprint density at radius 3 is 2.42 bits per heavy atom. The van der Waals surface area contributed by atoms with Crippen molar-refractivity contribution in [1.29, 1.82) is 0 Å². The number of nitrogen functional groups attached to an aromatic ring is 1. The van der Waals surface area contributed by atoms with Crippen molar-refractivity contribution in [2.75, 3.05) is 5.73 Å². The van der Waals surface area contributed by atoms with E-state index in [-0.39, 0.29) is 5.78 Å². The van der Waals surface area contributed by atoms with E-state index in [1.54, 1.807) is 12.1 Å². The summed E-state index contributed by atoms with van der Waals surface area (Å²) in [6.45, 7) is 6.00. The molecule has 0 radical (unpaired) electrons. The molecule has 0 aromatic heterocycles. The highest BCUT2D eigenvalue weighted by molar-refractivity contribution is 5.98. The lowest BCUT2D eigenvalue weighted by molar-refractivity contribution is 0.0992. The third kappa shape index (κ3) is 3.02. The van der Waals surface area contributed by atoms with Gasteiger partial charge in [0.15, 0.2) is 5.78 Å². The second-order valence-corrected chi connectivity index (χ2v) is 5.10. The molecule has 0 spiro atoms. The van der Waals surface area contributed by atoms with E-state index in [0.29, 0.717) is 6.42 Å². The molecule has 2 aromatic carbocycles.